The number of allylic oxidation sites excluding steroid dienone is 3. The monoisotopic (exact) mass is 468 g/mol. The molecule has 7 atom stereocenters. The van der Waals surface area contributed by atoms with E-state index in [4.69, 9.17) is 10.2 Å². The Labute approximate surface area is 198 Å². The molecule has 0 aromatic rings. The van der Waals surface area contributed by atoms with Crippen LogP contribution in [0.25, 0.3) is 0 Å². The first-order chi connectivity index (χ1) is 15.1. The molecule has 7 nitrogen and oxygen atoms in total. The molecule has 0 aliphatic rings. The van der Waals surface area contributed by atoms with E-state index < -0.39 is 41.9 Å². The Hall–Kier alpha value is -1.99. The summed E-state index contributed by atoms with van der Waals surface area (Å²) in [5.74, 6) is -3.22. The largest absolute Gasteiger partial charge is 0.481 e. The fraction of sp³-hybridized carbons (Fsp3) is 0.731. The van der Waals surface area contributed by atoms with E-state index in [1.165, 1.54) is 6.92 Å². The van der Waals surface area contributed by atoms with Gasteiger partial charge in [-0.3, -0.25) is 14.4 Å². The third kappa shape index (κ3) is 12.7. The molecule has 0 aromatic heterocycles. The van der Waals surface area contributed by atoms with Gasteiger partial charge >= 0.3 is 11.9 Å². The van der Waals surface area contributed by atoms with Crippen LogP contribution in [-0.4, -0.2) is 50.4 Å². The summed E-state index contributed by atoms with van der Waals surface area (Å²) in [6.07, 6.45) is 4.35. The number of carboxylic acids is 2. The molecule has 0 aromatic carbocycles. The van der Waals surface area contributed by atoms with Gasteiger partial charge in [0.15, 0.2) is 0 Å². The van der Waals surface area contributed by atoms with Gasteiger partial charge in [-0.2, -0.15) is 0 Å². The summed E-state index contributed by atoms with van der Waals surface area (Å²) in [7, 11) is 0. The smallest absolute Gasteiger partial charge is 0.308 e. The van der Waals surface area contributed by atoms with Gasteiger partial charge in [0.2, 0.25) is 0 Å². The van der Waals surface area contributed by atoms with Crippen molar-refractivity contribution in [2.24, 2.45) is 29.6 Å². The van der Waals surface area contributed by atoms with Crippen molar-refractivity contribution in [2.45, 2.75) is 92.8 Å². The van der Waals surface area contributed by atoms with E-state index in [0.717, 1.165) is 17.6 Å². The van der Waals surface area contributed by atoms with Crippen LogP contribution in [0.15, 0.2) is 23.3 Å². The predicted molar refractivity (Wildman–Crippen MR) is 129 cm³/mol. The van der Waals surface area contributed by atoms with Crippen molar-refractivity contribution in [1.29, 1.82) is 0 Å². The number of carboxylic acid groups (broad SMARTS) is 2. The number of aliphatic hydroxyl groups excluding tert-OH is 2. The highest BCUT2D eigenvalue weighted by Gasteiger charge is 2.22. The second-order valence-corrected chi connectivity index (χ2v) is 9.93. The lowest BCUT2D eigenvalue weighted by Crippen LogP contribution is -2.25. The molecule has 0 bridgehead atoms. The Morgan fingerprint density at radius 1 is 0.818 bits per heavy atom. The van der Waals surface area contributed by atoms with Crippen molar-refractivity contribution < 1.29 is 34.8 Å². The molecule has 0 saturated carbocycles. The number of hydrogen-bond acceptors (Lipinski definition) is 5. The van der Waals surface area contributed by atoms with E-state index in [0.29, 0.717) is 19.3 Å². The zero-order valence-electron chi connectivity index (χ0n) is 21.2. The summed E-state index contributed by atoms with van der Waals surface area (Å²) in [6, 6.07) is 0. The summed E-state index contributed by atoms with van der Waals surface area (Å²) in [5, 5.41) is 38.4. The number of aliphatic hydroxyl groups is 2. The average Bonchev–Trinajstić information content (AvgIpc) is 2.70. The standard InChI is InChI=1S/C26H44O7/c1-15(8-9-22(27)21(7)26(32)33)10-16(2)11-18(4)23(28)14-24(29)19(5)12-17(3)13-20(6)25(30)31/h11-12,15-16,19-23,27-28H,8-10,13-14H2,1-7H3,(H,30,31)(H,32,33)/b17-12+,18-11+. The lowest BCUT2D eigenvalue weighted by atomic mass is 9.88. The Morgan fingerprint density at radius 3 is 1.91 bits per heavy atom. The maximum absolute atomic E-state index is 12.5. The highest BCUT2D eigenvalue weighted by Crippen LogP contribution is 2.23. The van der Waals surface area contributed by atoms with E-state index in [9.17, 15) is 24.6 Å². The summed E-state index contributed by atoms with van der Waals surface area (Å²) in [5.41, 5.74) is 1.58. The van der Waals surface area contributed by atoms with Crippen LogP contribution in [0.2, 0.25) is 0 Å². The number of ketones is 1. The topological polar surface area (TPSA) is 132 Å². The van der Waals surface area contributed by atoms with Gasteiger partial charge in [-0.15, -0.1) is 0 Å². The Morgan fingerprint density at radius 2 is 1.39 bits per heavy atom. The molecule has 7 heteroatoms. The van der Waals surface area contributed by atoms with Gasteiger partial charge in [-0.05, 0) is 63.9 Å². The van der Waals surface area contributed by atoms with Gasteiger partial charge in [0.25, 0.3) is 0 Å². The van der Waals surface area contributed by atoms with E-state index in [-0.39, 0.29) is 24.0 Å². The molecule has 0 aliphatic carbocycles. The first kappa shape index (κ1) is 31.0. The second kappa shape index (κ2) is 15.0. The Kier molecular flexibility index (Phi) is 14.1. The van der Waals surface area contributed by atoms with E-state index in [2.05, 4.69) is 6.92 Å². The Balaban J connectivity index is 4.70. The fourth-order valence-corrected chi connectivity index (χ4v) is 3.95. The van der Waals surface area contributed by atoms with Gasteiger partial charge in [-0.25, -0.2) is 0 Å². The minimum Gasteiger partial charge on any atom is -0.481 e. The van der Waals surface area contributed by atoms with E-state index in [1.54, 1.807) is 26.8 Å². The number of rotatable bonds is 16. The van der Waals surface area contributed by atoms with Crippen LogP contribution in [0.4, 0.5) is 0 Å². The molecule has 0 spiro atoms. The maximum atomic E-state index is 12.5. The molecule has 0 fully saturated rings. The quantitative estimate of drug-likeness (QED) is 0.246. The van der Waals surface area contributed by atoms with Crippen molar-refractivity contribution in [1.82, 2.24) is 0 Å². The van der Waals surface area contributed by atoms with Crippen molar-refractivity contribution in [3.63, 3.8) is 0 Å². The molecular weight excluding hydrogens is 424 g/mol. The minimum absolute atomic E-state index is 0.00328. The number of hydrogen-bond donors (Lipinski definition) is 4. The lowest BCUT2D eigenvalue weighted by Gasteiger charge is -2.20. The van der Waals surface area contributed by atoms with Crippen LogP contribution in [0.1, 0.15) is 80.6 Å². The second-order valence-electron chi connectivity index (χ2n) is 9.93. The molecule has 4 N–H and O–H groups in total. The van der Waals surface area contributed by atoms with Crippen LogP contribution < -0.4 is 0 Å². The fourth-order valence-electron chi connectivity index (χ4n) is 3.95. The normalized spacial score (nSPS) is 19.2. The molecule has 0 amide bonds. The molecular formula is C26H44O7. The molecule has 190 valence electrons. The van der Waals surface area contributed by atoms with Crippen LogP contribution in [0.3, 0.4) is 0 Å². The third-order valence-corrected chi connectivity index (χ3v) is 6.26. The number of carbonyl (C=O) groups excluding carboxylic acids is 1. The summed E-state index contributed by atoms with van der Waals surface area (Å²) in [4.78, 5) is 34.4. The SMILES string of the molecule is C/C(=C\C(C)C(=O)CC(O)/C(C)=C/C(C)CC(C)CCC(O)C(C)C(=O)O)CC(C)C(=O)O. The molecule has 0 heterocycles. The predicted octanol–water partition coefficient (Wildman–Crippen LogP) is 4.47. The minimum atomic E-state index is -1.000. The van der Waals surface area contributed by atoms with Crippen LogP contribution in [0.5, 0.6) is 0 Å². The van der Waals surface area contributed by atoms with Gasteiger partial charge in [0, 0.05) is 12.3 Å². The summed E-state index contributed by atoms with van der Waals surface area (Å²) < 4.78 is 0. The van der Waals surface area contributed by atoms with Crippen molar-refractivity contribution in [3.05, 3.63) is 23.3 Å². The first-order valence-electron chi connectivity index (χ1n) is 11.9. The summed E-state index contributed by atoms with van der Waals surface area (Å²) >= 11 is 0. The van der Waals surface area contributed by atoms with Crippen LogP contribution >= 0.6 is 0 Å². The molecule has 7 unspecified atom stereocenters. The van der Waals surface area contributed by atoms with Gasteiger partial charge in [0.05, 0.1) is 24.0 Å². The first-order valence-corrected chi connectivity index (χ1v) is 11.9. The number of aliphatic carboxylic acids is 2. The molecule has 0 rings (SSSR count). The van der Waals surface area contributed by atoms with Gasteiger partial charge in [0.1, 0.15) is 5.78 Å². The number of Topliss-reactive ketones (excluding diaryl/α,β-unsaturated/α-hetero) is 1. The van der Waals surface area contributed by atoms with Crippen molar-refractivity contribution in [3.8, 4) is 0 Å². The van der Waals surface area contributed by atoms with Gasteiger partial charge in [-0.1, -0.05) is 45.4 Å². The molecule has 0 radical (unpaired) electrons. The van der Waals surface area contributed by atoms with E-state index in [1.807, 2.05) is 19.9 Å². The average molecular weight is 469 g/mol. The van der Waals surface area contributed by atoms with Gasteiger partial charge < -0.3 is 20.4 Å². The van der Waals surface area contributed by atoms with Crippen molar-refractivity contribution in [2.75, 3.05) is 0 Å². The zero-order valence-corrected chi connectivity index (χ0v) is 21.2. The summed E-state index contributed by atoms with van der Waals surface area (Å²) in [6.45, 7) is 12.6. The molecule has 0 aliphatic heterocycles. The highest BCUT2D eigenvalue weighted by molar-refractivity contribution is 5.83. The third-order valence-electron chi connectivity index (χ3n) is 6.26. The highest BCUT2D eigenvalue weighted by atomic mass is 16.4. The van der Waals surface area contributed by atoms with E-state index >= 15 is 0 Å². The van der Waals surface area contributed by atoms with Crippen LogP contribution in [0, 0.1) is 29.6 Å². The van der Waals surface area contributed by atoms with Crippen molar-refractivity contribution >= 4 is 17.7 Å². The van der Waals surface area contributed by atoms with Crippen LogP contribution in [-0.2, 0) is 14.4 Å². The lowest BCUT2D eigenvalue weighted by molar-refractivity contribution is -0.145. The molecule has 33 heavy (non-hydrogen) atoms. The number of carbonyl (C=O) groups is 3. The Bertz CT molecular complexity index is 709. The maximum Gasteiger partial charge on any atom is 0.308 e. The molecule has 0 saturated heterocycles. The zero-order chi connectivity index (χ0) is 25.9.